The molecule has 2 aromatic rings. The second-order valence-electron chi connectivity index (χ2n) is 7.28. The number of rotatable bonds is 5. The van der Waals surface area contributed by atoms with E-state index in [1.54, 1.807) is 30.3 Å². The molecule has 0 unspecified atom stereocenters. The number of halogens is 1. The van der Waals surface area contributed by atoms with Crippen LogP contribution in [0.2, 0.25) is 5.02 Å². The number of hydrogen-bond donors (Lipinski definition) is 1. The van der Waals surface area contributed by atoms with E-state index in [4.69, 9.17) is 16.3 Å². The Balaban J connectivity index is 1.68. The summed E-state index contributed by atoms with van der Waals surface area (Å²) in [7, 11) is -2.23. The molecule has 0 saturated carbocycles. The van der Waals surface area contributed by atoms with Crippen LogP contribution in [0.5, 0.6) is 5.75 Å². The number of methoxy groups -OCH3 is 1. The molecule has 1 fully saturated rings. The van der Waals surface area contributed by atoms with Crippen molar-refractivity contribution in [1.82, 2.24) is 4.31 Å². The molecule has 1 aliphatic rings. The van der Waals surface area contributed by atoms with E-state index in [-0.39, 0.29) is 29.8 Å². The number of nitrogens with zero attached hydrogens (tertiary/aromatic N) is 1. The summed E-state index contributed by atoms with van der Waals surface area (Å²) in [6.45, 7) is 4.30. The van der Waals surface area contributed by atoms with Crippen LogP contribution in [0.3, 0.4) is 0 Å². The summed E-state index contributed by atoms with van der Waals surface area (Å²) in [6.07, 6.45) is 0.928. The third kappa shape index (κ3) is 4.74. The number of carbonyl (C=O) groups is 1. The molecule has 0 radical (unpaired) electrons. The maximum absolute atomic E-state index is 13.1. The van der Waals surface area contributed by atoms with Crippen molar-refractivity contribution in [2.75, 3.05) is 25.5 Å². The summed E-state index contributed by atoms with van der Waals surface area (Å²) < 4.78 is 32.9. The van der Waals surface area contributed by atoms with E-state index in [9.17, 15) is 13.2 Å². The van der Waals surface area contributed by atoms with E-state index >= 15 is 0 Å². The molecule has 2 aromatic carbocycles. The van der Waals surface area contributed by atoms with Crippen LogP contribution >= 0.6 is 11.6 Å². The number of nitrogens with one attached hydrogen (secondary N) is 1. The van der Waals surface area contributed by atoms with Crippen molar-refractivity contribution >= 4 is 33.2 Å². The molecule has 1 heterocycles. The molecule has 0 bridgehead atoms. The number of hydrogen-bond acceptors (Lipinski definition) is 4. The molecule has 156 valence electrons. The predicted molar refractivity (Wildman–Crippen MR) is 114 cm³/mol. The molecule has 0 aliphatic carbocycles. The topological polar surface area (TPSA) is 75.7 Å². The van der Waals surface area contributed by atoms with Crippen LogP contribution in [0, 0.1) is 19.8 Å². The highest BCUT2D eigenvalue weighted by atomic mass is 35.5. The molecule has 0 aromatic heterocycles. The van der Waals surface area contributed by atoms with Crippen molar-refractivity contribution in [2.45, 2.75) is 31.6 Å². The summed E-state index contributed by atoms with van der Waals surface area (Å²) >= 11 is 5.96. The lowest BCUT2D eigenvalue weighted by molar-refractivity contribution is -0.120. The van der Waals surface area contributed by atoms with Crippen molar-refractivity contribution in [3.05, 3.63) is 52.5 Å². The smallest absolute Gasteiger partial charge is 0.246 e. The van der Waals surface area contributed by atoms with Gasteiger partial charge in [-0.05, 0) is 68.1 Å². The summed E-state index contributed by atoms with van der Waals surface area (Å²) in [5, 5.41) is 3.55. The fourth-order valence-corrected chi connectivity index (χ4v) is 5.42. The minimum absolute atomic E-state index is 0.0967. The van der Waals surface area contributed by atoms with Crippen molar-refractivity contribution < 1.29 is 17.9 Å². The number of aryl methyl sites for hydroxylation is 2. The first-order chi connectivity index (χ1) is 13.7. The van der Waals surface area contributed by atoms with Crippen molar-refractivity contribution in [2.24, 2.45) is 5.92 Å². The SMILES string of the molecule is COc1ccc(C)cc1S(=O)(=O)N1CCC(C(=O)Nc2ccc(Cl)cc2C)CC1. The number of benzene rings is 2. The van der Waals surface area contributed by atoms with Crippen LogP contribution in [0.4, 0.5) is 5.69 Å². The largest absolute Gasteiger partial charge is 0.495 e. The zero-order valence-corrected chi connectivity index (χ0v) is 18.3. The number of sulfonamides is 1. The monoisotopic (exact) mass is 436 g/mol. The van der Waals surface area contributed by atoms with Crippen molar-refractivity contribution in [3.8, 4) is 5.75 Å². The number of piperidine rings is 1. The Bertz CT molecular complexity index is 1020. The van der Waals surface area contributed by atoms with Crippen LogP contribution in [0.25, 0.3) is 0 Å². The van der Waals surface area contributed by atoms with Gasteiger partial charge in [-0.15, -0.1) is 0 Å². The van der Waals surface area contributed by atoms with Crippen LogP contribution in [0.15, 0.2) is 41.3 Å². The third-order valence-corrected chi connectivity index (χ3v) is 7.36. The van der Waals surface area contributed by atoms with Crippen LogP contribution in [0.1, 0.15) is 24.0 Å². The average molecular weight is 437 g/mol. The molecule has 1 amide bonds. The van der Waals surface area contributed by atoms with Crippen LogP contribution < -0.4 is 10.1 Å². The molecule has 1 aliphatic heterocycles. The molecular weight excluding hydrogens is 412 g/mol. The van der Waals surface area contributed by atoms with Gasteiger partial charge in [0.2, 0.25) is 15.9 Å². The molecule has 3 rings (SSSR count). The van der Waals surface area contributed by atoms with E-state index in [1.165, 1.54) is 11.4 Å². The van der Waals surface area contributed by atoms with Gasteiger partial charge in [0, 0.05) is 29.7 Å². The molecular formula is C21H25ClN2O4S. The number of anilines is 1. The van der Waals surface area contributed by atoms with Crippen molar-refractivity contribution in [3.63, 3.8) is 0 Å². The highest BCUT2D eigenvalue weighted by Gasteiger charge is 2.33. The summed E-state index contributed by atoms with van der Waals surface area (Å²) in [5.41, 5.74) is 2.45. The first-order valence-electron chi connectivity index (χ1n) is 9.44. The number of carbonyl (C=O) groups excluding carboxylic acids is 1. The van der Waals surface area contributed by atoms with Gasteiger partial charge in [0.25, 0.3) is 0 Å². The first kappa shape index (κ1) is 21.6. The average Bonchev–Trinajstić information content (AvgIpc) is 2.70. The second-order valence-corrected chi connectivity index (χ2v) is 9.62. The Labute approximate surface area is 176 Å². The Morgan fingerprint density at radius 1 is 1.14 bits per heavy atom. The zero-order valence-electron chi connectivity index (χ0n) is 16.7. The van der Waals surface area contributed by atoms with E-state index in [2.05, 4.69) is 5.32 Å². The highest BCUT2D eigenvalue weighted by Crippen LogP contribution is 2.31. The minimum atomic E-state index is -3.68. The fraction of sp³-hybridized carbons (Fsp3) is 0.381. The Kier molecular flexibility index (Phi) is 6.51. The second kappa shape index (κ2) is 8.73. The lowest BCUT2D eigenvalue weighted by atomic mass is 9.97. The molecule has 1 saturated heterocycles. The first-order valence-corrected chi connectivity index (χ1v) is 11.3. The normalized spacial score (nSPS) is 15.9. The minimum Gasteiger partial charge on any atom is -0.495 e. The Morgan fingerprint density at radius 3 is 2.45 bits per heavy atom. The third-order valence-electron chi connectivity index (χ3n) is 5.21. The van der Waals surface area contributed by atoms with Crippen LogP contribution in [-0.2, 0) is 14.8 Å². The van der Waals surface area contributed by atoms with Gasteiger partial charge in [0.15, 0.2) is 0 Å². The summed E-state index contributed by atoms with van der Waals surface area (Å²) in [5.74, 6) is -0.00906. The quantitative estimate of drug-likeness (QED) is 0.768. The van der Waals surface area contributed by atoms with Crippen molar-refractivity contribution in [1.29, 1.82) is 0 Å². The molecule has 1 N–H and O–H groups in total. The fourth-order valence-electron chi connectivity index (χ4n) is 3.49. The van der Waals surface area contributed by atoms with Gasteiger partial charge in [0.05, 0.1) is 7.11 Å². The maximum Gasteiger partial charge on any atom is 0.246 e. The summed E-state index contributed by atoms with van der Waals surface area (Å²) in [6, 6.07) is 10.4. The van der Waals surface area contributed by atoms with Crippen LogP contribution in [-0.4, -0.2) is 38.8 Å². The Hall–Kier alpha value is -2.09. The molecule has 29 heavy (non-hydrogen) atoms. The zero-order chi connectivity index (χ0) is 21.2. The maximum atomic E-state index is 13.1. The lowest BCUT2D eigenvalue weighted by Crippen LogP contribution is -2.41. The summed E-state index contributed by atoms with van der Waals surface area (Å²) in [4.78, 5) is 12.8. The van der Waals surface area contributed by atoms with E-state index in [0.717, 1.165) is 16.8 Å². The van der Waals surface area contributed by atoms with Gasteiger partial charge < -0.3 is 10.1 Å². The molecule has 6 nitrogen and oxygen atoms in total. The van der Waals surface area contributed by atoms with E-state index in [0.29, 0.717) is 23.6 Å². The van der Waals surface area contributed by atoms with Gasteiger partial charge in [-0.25, -0.2) is 8.42 Å². The Morgan fingerprint density at radius 2 is 1.83 bits per heavy atom. The van der Waals surface area contributed by atoms with Gasteiger partial charge in [0.1, 0.15) is 10.6 Å². The number of amides is 1. The van der Waals surface area contributed by atoms with E-state index in [1.807, 2.05) is 19.9 Å². The van der Waals surface area contributed by atoms with Gasteiger partial charge in [-0.3, -0.25) is 4.79 Å². The van der Waals surface area contributed by atoms with Gasteiger partial charge >= 0.3 is 0 Å². The standard InChI is InChI=1S/C21H25ClN2O4S/c1-14-4-7-19(28-3)20(12-14)29(26,27)24-10-8-16(9-11-24)21(25)23-18-6-5-17(22)13-15(18)2/h4-7,12-13,16H,8-11H2,1-3H3,(H,23,25). The molecule has 8 heteroatoms. The van der Waals surface area contributed by atoms with E-state index < -0.39 is 10.0 Å². The van der Waals surface area contributed by atoms with Gasteiger partial charge in [-0.2, -0.15) is 4.31 Å². The lowest BCUT2D eigenvalue weighted by Gasteiger charge is -2.31. The number of ether oxygens (including phenoxy) is 1. The van der Waals surface area contributed by atoms with Gasteiger partial charge in [-0.1, -0.05) is 17.7 Å². The molecule has 0 atom stereocenters. The predicted octanol–water partition coefficient (Wildman–Crippen LogP) is 4.00. The highest BCUT2D eigenvalue weighted by molar-refractivity contribution is 7.89. The molecule has 0 spiro atoms.